The topological polar surface area (TPSA) is 149 Å². The molecule has 45 heavy (non-hydrogen) atoms. The number of benzene rings is 3. The van der Waals surface area contributed by atoms with E-state index in [1.54, 1.807) is 0 Å². The van der Waals surface area contributed by atoms with Gasteiger partial charge in [-0.1, -0.05) is 0 Å². The van der Waals surface area contributed by atoms with Crippen LogP contribution in [0, 0.1) is 104 Å². The van der Waals surface area contributed by atoms with Crippen LogP contribution in [0.4, 0.5) is 58.4 Å². The SMILES string of the molecule is N#CC(=C1C(=C(/N)c2c(F)c(F)c(C#N)c(F)c2F)/C1=C(/N)c1c(F)c(F)c(C#N)c(F)c1F)c1c(F)c(F)c(N)c(F)c1F. The third-order valence-electron chi connectivity index (χ3n) is 6.42. The number of halogens is 12. The predicted octanol–water partition coefficient (Wildman–Crippen LogP) is 5.71. The molecule has 0 heterocycles. The first kappa shape index (κ1) is 31.8. The van der Waals surface area contributed by atoms with E-state index in [1.165, 1.54) is 0 Å². The molecule has 0 spiro atoms. The Morgan fingerprint density at radius 3 is 0.978 bits per heavy atom. The van der Waals surface area contributed by atoms with Crippen molar-refractivity contribution < 1.29 is 52.7 Å². The molecule has 3 aromatic carbocycles. The quantitative estimate of drug-likeness (QED) is 0.144. The second-order valence-corrected chi connectivity index (χ2v) is 8.72. The van der Waals surface area contributed by atoms with E-state index >= 15 is 0 Å². The van der Waals surface area contributed by atoms with E-state index in [0.717, 1.165) is 18.2 Å². The van der Waals surface area contributed by atoms with E-state index in [1.807, 2.05) is 0 Å². The summed E-state index contributed by atoms with van der Waals surface area (Å²) in [4.78, 5) is 0. The van der Waals surface area contributed by atoms with Crippen molar-refractivity contribution >= 4 is 22.7 Å². The fourth-order valence-electron chi connectivity index (χ4n) is 4.26. The van der Waals surface area contributed by atoms with Crippen LogP contribution in [-0.2, 0) is 0 Å². The number of nitrogen functional groups attached to an aromatic ring is 1. The molecule has 6 N–H and O–H groups in total. The molecule has 0 atom stereocenters. The maximum atomic E-state index is 14.9. The van der Waals surface area contributed by atoms with Gasteiger partial charge in [-0.2, -0.15) is 15.8 Å². The summed E-state index contributed by atoms with van der Waals surface area (Å²) < 4.78 is 175. The van der Waals surface area contributed by atoms with Gasteiger partial charge in [0, 0.05) is 16.7 Å². The molecule has 6 nitrogen and oxygen atoms in total. The molecule has 0 aromatic heterocycles. The van der Waals surface area contributed by atoms with Gasteiger partial charge in [0.25, 0.3) is 0 Å². The zero-order chi connectivity index (χ0) is 34.0. The largest absolute Gasteiger partial charge is 0.398 e. The van der Waals surface area contributed by atoms with Crippen molar-refractivity contribution in [3.8, 4) is 18.2 Å². The summed E-state index contributed by atoms with van der Waals surface area (Å²) in [6.07, 6.45) is 0. The van der Waals surface area contributed by atoms with Crippen LogP contribution in [0.1, 0.15) is 27.8 Å². The summed E-state index contributed by atoms with van der Waals surface area (Å²) in [6.45, 7) is 0. The third-order valence-corrected chi connectivity index (χ3v) is 6.42. The number of anilines is 1. The van der Waals surface area contributed by atoms with E-state index in [2.05, 4.69) is 0 Å². The first-order valence-corrected chi connectivity index (χ1v) is 11.3. The Morgan fingerprint density at radius 1 is 0.422 bits per heavy atom. The van der Waals surface area contributed by atoms with Gasteiger partial charge >= 0.3 is 0 Å². The summed E-state index contributed by atoms with van der Waals surface area (Å²) in [7, 11) is 0. The summed E-state index contributed by atoms with van der Waals surface area (Å²) >= 11 is 0. The van der Waals surface area contributed by atoms with Gasteiger partial charge in [0.05, 0.1) is 33.7 Å². The van der Waals surface area contributed by atoms with Crippen LogP contribution in [0.2, 0.25) is 0 Å². The van der Waals surface area contributed by atoms with Crippen molar-refractivity contribution in [2.24, 2.45) is 11.5 Å². The molecule has 0 bridgehead atoms. The van der Waals surface area contributed by atoms with Crippen LogP contribution in [-0.4, -0.2) is 0 Å². The van der Waals surface area contributed by atoms with Crippen LogP contribution < -0.4 is 17.2 Å². The molecule has 0 amide bonds. The first-order valence-electron chi connectivity index (χ1n) is 11.3. The standard InChI is InChI=1S/C27H6F12N6/c28-13-5(2-41)14(29)20(35)11(19(13)34)25(43)9-7(4(1-40)8-17(32)23(38)27(45)24(39)18(8)33)10(9)26(44)12-21(36)15(30)6(3-42)16(31)22(12)37/h43-45H2/b7-4?,25-9-,26-10+. The number of nitrogens with two attached hydrogens (primary N) is 3. The van der Waals surface area contributed by atoms with Crippen LogP contribution in [0.25, 0.3) is 17.0 Å². The highest BCUT2D eigenvalue weighted by Crippen LogP contribution is 2.55. The van der Waals surface area contributed by atoms with Crippen molar-refractivity contribution in [3.63, 3.8) is 0 Å². The van der Waals surface area contributed by atoms with Crippen LogP contribution in [0.15, 0.2) is 16.7 Å². The van der Waals surface area contributed by atoms with E-state index in [-0.39, 0.29) is 0 Å². The molecule has 228 valence electrons. The summed E-state index contributed by atoms with van der Waals surface area (Å²) in [5, 5.41) is 27.3. The maximum Gasteiger partial charge on any atom is 0.185 e. The number of hydrogen-bond donors (Lipinski definition) is 3. The van der Waals surface area contributed by atoms with Gasteiger partial charge in [0.2, 0.25) is 0 Å². The molecule has 3 aromatic rings. The van der Waals surface area contributed by atoms with Gasteiger partial charge < -0.3 is 17.2 Å². The lowest BCUT2D eigenvalue weighted by Crippen LogP contribution is -2.11. The van der Waals surface area contributed by atoms with Gasteiger partial charge in [-0.3, -0.25) is 0 Å². The lowest BCUT2D eigenvalue weighted by atomic mass is 10.0. The monoisotopic (exact) mass is 642 g/mol. The summed E-state index contributed by atoms with van der Waals surface area (Å²) in [5.74, 6) is -28.3. The average molecular weight is 642 g/mol. The molecular formula is C27H6F12N6. The number of nitriles is 3. The van der Waals surface area contributed by atoms with Gasteiger partial charge in [-0.05, 0) is 0 Å². The van der Waals surface area contributed by atoms with Crippen molar-refractivity contribution in [2.75, 3.05) is 5.73 Å². The fourth-order valence-corrected chi connectivity index (χ4v) is 4.26. The minimum atomic E-state index is -2.40. The van der Waals surface area contributed by atoms with Gasteiger partial charge in [-0.25, -0.2) is 52.7 Å². The maximum absolute atomic E-state index is 14.9. The number of rotatable bonds is 3. The zero-order valence-electron chi connectivity index (χ0n) is 21.1. The predicted molar refractivity (Wildman–Crippen MR) is 127 cm³/mol. The Balaban J connectivity index is 2.27. The van der Waals surface area contributed by atoms with E-state index < -0.39 is 137 Å². The molecule has 1 aliphatic rings. The highest BCUT2D eigenvalue weighted by Gasteiger charge is 2.45. The van der Waals surface area contributed by atoms with Gasteiger partial charge in [-0.15, -0.1) is 0 Å². The molecule has 1 aliphatic carbocycles. The van der Waals surface area contributed by atoms with E-state index in [4.69, 9.17) is 27.7 Å². The molecule has 0 aliphatic heterocycles. The van der Waals surface area contributed by atoms with E-state index in [9.17, 15) is 57.9 Å². The van der Waals surface area contributed by atoms with Crippen LogP contribution in [0.5, 0.6) is 0 Å². The molecule has 1 saturated carbocycles. The molecule has 0 saturated heterocycles. The average Bonchev–Trinajstić information content (AvgIpc) is 3.75. The Kier molecular flexibility index (Phi) is 7.69. The van der Waals surface area contributed by atoms with Gasteiger partial charge in [0.15, 0.2) is 69.8 Å². The molecule has 1 fully saturated rings. The van der Waals surface area contributed by atoms with Crippen molar-refractivity contribution in [1.29, 1.82) is 15.8 Å². The highest BCUT2D eigenvalue weighted by molar-refractivity contribution is 6.08. The normalized spacial score (nSPS) is 15.7. The summed E-state index contributed by atoms with van der Waals surface area (Å²) in [5.41, 5.74) is -3.24. The molecule has 4 rings (SSSR count). The van der Waals surface area contributed by atoms with Crippen molar-refractivity contribution in [2.45, 2.75) is 0 Å². The molecule has 18 heteroatoms. The Bertz CT molecular complexity index is 1950. The first-order chi connectivity index (χ1) is 21.0. The lowest BCUT2D eigenvalue weighted by molar-refractivity contribution is 0.446. The fraction of sp³-hybridized carbons (Fsp3) is 0. The Hall–Kier alpha value is -6.09. The molecule has 0 radical (unpaired) electrons. The number of hydrogen-bond acceptors (Lipinski definition) is 6. The number of nitrogens with zero attached hydrogens (tertiary/aromatic N) is 3. The van der Waals surface area contributed by atoms with Gasteiger partial charge in [0.1, 0.15) is 35.0 Å². The highest BCUT2D eigenvalue weighted by atomic mass is 19.2. The smallest absolute Gasteiger partial charge is 0.185 e. The Morgan fingerprint density at radius 2 is 0.711 bits per heavy atom. The molecule has 0 unspecified atom stereocenters. The number of allylic oxidation sites excluding steroid dienone is 4. The zero-order valence-corrected chi connectivity index (χ0v) is 21.1. The molecular weight excluding hydrogens is 636 g/mol. The summed E-state index contributed by atoms with van der Waals surface area (Å²) in [6, 6.07) is 2.66. The minimum Gasteiger partial charge on any atom is -0.398 e. The van der Waals surface area contributed by atoms with Crippen LogP contribution >= 0.6 is 0 Å². The van der Waals surface area contributed by atoms with Crippen molar-refractivity contribution in [3.05, 3.63) is 114 Å². The second-order valence-electron chi connectivity index (χ2n) is 8.72. The van der Waals surface area contributed by atoms with Crippen LogP contribution in [0.3, 0.4) is 0 Å². The lowest BCUT2D eigenvalue weighted by Gasteiger charge is -2.09. The second kappa shape index (κ2) is 10.9. The third kappa shape index (κ3) is 4.36. The van der Waals surface area contributed by atoms with Crippen molar-refractivity contribution in [1.82, 2.24) is 0 Å². The minimum absolute atomic E-state index is 0.812. The Labute approximate surface area is 241 Å². The van der Waals surface area contributed by atoms with E-state index in [0.29, 0.717) is 0 Å².